The minimum Gasteiger partial charge on any atom is -0.463 e. The number of unbranched alkanes of at least 4 members (excludes halogenated alkanes) is 2. The van der Waals surface area contributed by atoms with Crippen LogP contribution in [0.15, 0.2) is 0 Å². The molecule has 10 unspecified atom stereocenters. The van der Waals surface area contributed by atoms with Crippen LogP contribution in [0.25, 0.3) is 0 Å². The molecular formula is C32H48N2O18. The summed E-state index contributed by atoms with van der Waals surface area (Å²) in [5, 5.41) is 2.61. The summed E-state index contributed by atoms with van der Waals surface area (Å²) in [6, 6.07) is 0. The molecule has 20 heteroatoms. The molecule has 0 aromatic heterocycles. The van der Waals surface area contributed by atoms with E-state index < -0.39 is 122 Å². The van der Waals surface area contributed by atoms with E-state index in [1.165, 1.54) is 0 Å². The van der Waals surface area contributed by atoms with E-state index in [9.17, 15) is 38.4 Å². The fourth-order valence-corrected chi connectivity index (χ4v) is 5.47. The van der Waals surface area contributed by atoms with E-state index in [2.05, 4.69) is 5.32 Å². The Morgan fingerprint density at radius 3 is 1.44 bits per heavy atom. The molecule has 10 atom stereocenters. The Bertz CT molecular complexity index is 1290. The average molecular weight is 749 g/mol. The molecule has 0 spiro atoms. The van der Waals surface area contributed by atoms with Gasteiger partial charge in [0.25, 0.3) is 0 Å². The van der Waals surface area contributed by atoms with Crippen molar-refractivity contribution in [3.8, 4) is 0 Å². The lowest BCUT2D eigenvalue weighted by Gasteiger charge is -2.48. The summed E-state index contributed by atoms with van der Waals surface area (Å²) >= 11 is 0. The molecule has 294 valence electrons. The van der Waals surface area contributed by atoms with Crippen LogP contribution in [0.2, 0.25) is 0 Å². The van der Waals surface area contributed by atoms with Crippen molar-refractivity contribution in [2.45, 2.75) is 135 Å². The Kier molecular flexibility index (Phi) is 17.8. The largest absolute Gasteiger partial charge is 0.463 e. The molecule has 0 radical (unpaired) electrons. The monoisotopic (exact) mass is 748 g/mol. The first-order valence-corrected chi connectivity index (χ1v) is 16.5. The van der Waals surface area contributed by atoms with Gasteiger partial charge in [-0.2, -0.15) is 0 Å². The summed E-state index contributed by atoms with van der Waals surface area (Å²) in [5.41, 5.74) is 5.53. The van der Waals surface area contributed by atoms with Crippen molar-refractivity contribution < 1.29 is 85.7 Å². The van der Waals surface area contributed by atoms with Crippen molar-refractivity contribution in [1.29, 1.82) is 0 Å². The number of hydrogen-bond donors (Lipinski definition) is 2. The Balaban J connectivity index is 2.69. The second kappa shape index (κ2) is 21.2. The van der Waals surface area contributed by atoms with Gasteiger partial charge >= 0.3 is 41.8 Å². The SMILES string of the molecule is CC(=O)OCC1OC(NC(=O)CCCCCN)C(OC(C)=O)C(OC(C)=O)C1OC1OC(COC(C)=O)C(OC(C)=O)C(OC(C)=O)C1OC(C)=O. The zero-order valence-electron chi connectivity index (χ0n) is 30.1. The molecular weight excluding hydrogens is 700 g/mol. The molecule has 0 saturated carbocycles. The highest BCUT2D eigenvalue weighted by Gasteiger charge is 2.57. The van der Waals surface area contributed by atoms with Crippen LogP contribution in [0.4, 0.5) is 0 Å². The van der Waals surface area contributed by atoms with E-state index >= 15 is 0 Å². The van der Waals surface area contributed by atoms with Gasteiger partial charge in [0.1, 0.15) is 31.5 Å². The summed E-state index contributed by atoms with van der Waals surface area (Å²) in [4.78, 5) is 98.4. The summed E-state index contributed by atoms with van der Waals surface area (Å²) in [6.45, 7) is 6.64. The molecule has 52 heavy (non-hydrogen) atoms. The number of carbonyl (C=O) groups excluding carboxylic acids is 8. The van der Waals surface area contributed by atoms with Gasteiger partial charge in [-0.1, -0.05) is 6.42 Å². The number of amides is 1. The number of nitrogens with two attached hydrogens (primary N) is 1. The van der Waals surface area contributed by atoms with E-state index in [0.717, 1.165) is 48.5 Å². The Morgan fingerprint density at radius 2 is 0.962 bits per heavy atom. The van der Waals surface area contributed by atoms with Gasteiger partial charge in [-0.15, -0.1) is 0 Å². The van der Waals surface area contributed by atoms with Crippen molar-refractivity contribution in [2.24, 2.45) is 5.73 Å². The normalized spacial score (nSPS) is 28.3. The Labute approximate surface area is 299 Å². The molecule has 0 aromatic carbocycles. The van der Waals surface area contributed by atoms with Crippen LogP contribution < -0.4 is 11.1 Å². The van der Waals surface area contributed by atoms with Crippen LogP contribution in [0.3, 0.4) is 0 Å². The maximum absolute atomic E-state index is 13.0. The molecule has 2 saturated heterocycles. The fraction of sp³-hybridized carbons (Fsp3) is 0.750. The van der Waals surface area contributed by atoms with Crippen molar-refractivity contribution >= 4 is 47.7 Å². The first-order chi connectivity index (χ1) is 24.4. The molecule has 20 nitrogen and oxygen atoms in total. The van der Waals surface area contributed by atoms with Gasteiger partial charge in [0.2, 0.25) is 5.91 Å². The number of hydrogen-bond acceptors (Lipinski definition) is 19. The highest BCUT2D eigenvalue weighted by atomic mass is 16.8. The molecule has 2 fully saturated rings. The summed E-state index contributed by atoms with van der Waals surface area (Å²) in [7, 11) is 0. The second-order valence-corrected chi connectivity index (χ2v) is 11.9. The summed E-state index contributed by atoms with van der Waals surface area (Å²) in [5.74, 6) is -6.54. The number of carbonyl (C=O) groups is 8. The van der Waals surface area contributed by atoms with E-state index in [0.29, 0.717) is 25.8 Å². The first-order valence-electron chi connectivity index (χ1n) is 16.5. The lowest BCUT2D eigenvalue weighted by Crippen LogP contribution is -2.68. The number of ether oxygens (including phenoxy) is 10. The van der Waals surface area contributed by atoms with Gasteiger partial charge in [-0.25, -0.2) is 0 Å². The predicted octanol–water partition coefficient (Wildman–Crippen LogP) is -0.759. The van der Waals surface area contributed by atoms with Crippen LogP contribution in [0, 0.1) is 0 Å². The first kappa shape index (κ1) is 43.8. The zero-order valence-corrected chi connectivity index (χ0v) is 30.1. The molecule has 2 aliphatic rings. The third-order valence-corrected chi connectivity index (χ3v) is 7.34. The van der Waals surface area contributed by atoms with Crippen LogP contribution in [-0.4, -0.2) is 129 Å². The van der Waals surface area contributed by atoms with Crippen molar-refractivity contribution in [3.05, 3.63) is 0 Å². The minimum atomic E-state index is -1.82. The molecule has 2 rings (SSSR count). The average Bonchev–Trinajstić information content (AvgIpc) is 3.01. The van der Waals surface area contributed by atoms with E-state index in [-0.39, 0.29) is 6.42 Å². The summed E-state index contributed by atoms with van der Waals surface area (Å²) < 4.78 is 56.1. The number of esters is 7. The molecule has 3 N–H and O–H groups in total. The topological polar surface area (TPSA) is 267 Å². The van der Waals surface area contributed by atoms with Crippen LogP contribution in [-0.2, 0) is 85.7 Å². The quantitative estimate of drug-likeness (QED) is 0.105. The molecule has 2 aliphatic heterocycles. The smallest absolute Gasteiger partial charge is 0.303 e. The van der Waals surface area contributed by atoms with Gasteiger partial charge in [-0.3, -0.25) is 38.4 Å². The van der Waals surface area contributed by atoms with Crippen molar-refractivity contribution in [2.75, 3.05) is 19.8 Å². The third-order valence-electron chi connectivity index (χ3n) is 7.34. The van der Waals surface area contributed by atoms with Crippen LogP contribution in [0.1, 0.15) is 74.1 Å². The van der Waals surface area contributed by atoms with Gasteiger partial charge in [0, 0.05) is 54.9 Å². The van der Waals surface area contributed by atoms with Gasteiger partial charge in [0.15, 0.2) is 43.0 Å². The van der Waals surface area contributed by atoms with E-state index in [4.69, 9.17) is 53.1 Å². The Morgan fingerprint density at radius 1 is 0.519 bits per heavy atom. The van der Waals surface area contributed by atoms with E-state index in [1.807, 2.05) is 0 Å². The van der Waals surface area contributed by atoms with Gasteiger partial charge in [-0.05, 0) is 19.4 Å². The molecule has 2 heterocycles. The number of nitrogens with one attached hydrogen (secondary N) is 1. The van der Waals surface area contributed by atoms with Crippen molar-refractivity contribution in [1.82, 2.24) is 5.32 Å². The zero-order chi connectivity index (χ0) is 39.1. The Hall–Kier alpha value is -4.40. The van der Waals surface area contributed by atoms with Gasteiger partial charge in [0.05, 0.1) is 0 Å². The maximum Gasteiger partial charge on any atom is 0.303 e. The minimum absolute atomic E-state index is 0.0319. The highest BCUT2D eigenvalue weighted by molar-refractivity contribution is 5.76. The predicted molar refractivity (Wildman–Crippen MR) is 169 cm³/mol. The fourth-order valence-electron chi connectivity index (χ4n) is 5.47. The van der Waals surface area contributed by atoms with Crippen molar-refractivity contribution in [3.63, 3.8) is 0 Å². The van der Waals surface area contributed by atoms with Crippen LogP contribution >= 0.6 is 0 Å². The second-order valence-electron chi connectivity index (χ2n) is 11.9. The molecule has 1 amide bonds. The lowest BCUT2D eigenvalue weighted by atomic mass is 9.95. The molecule has 0 bridgehead atoms. The van der Waals surface area contributed by atoms with Gasteiger partial charge < -0.3 is 58.4 Å². The molecule has 0 aliphatic carbocycles. The van der Waals surface area contributed by atoms with E-state index in [1.54, 1.807) is 0 Å². The third kappa shape index (κ3) is 14.3. The lowest BCUT2D eigenvalue weighted by molar-refractivity contribution is -0.345. The van der Waals surface area contributed by atoms with Crippen LogP contribution in [0.5, 0.6) is 0 Å². The highest BCUT2D eigenvalue weighted by Crippen LogP contribution is 2.35. The summed E-state index contributed by atoms with van der Waals surface area (Å²) in [6.07, 6.45) is -14.0. The molecule has 0 aromatic rings. The standard InChI is InChI=1S/C32H48N2O18/c1-15(35)43-13-22-26(27(46-18(4)38)29(48-20(6)40)31(50-22)34-24(42)11-9-8-10-12-33)52-32-30(49-21(7)41)28(47-19(5)39)25(45-17(3)37)23(51-32)14-44-16(2)36/h22-23,25-32H,8-14,33H2,1-7H3,(H,34,42). The maximum atomic E-state index is 13.0. The number of rotatable bonds is 17.